The largest absolute Gasteiger partial charge is 0.340 e. The summed E-state index contributed by atoms with van der Waals surface area (Å²) >= 11 is 0. The van der Waals surface area contributed by atoms with Gasteiger partial charge in [0.2, 0.25) is 0 Å². The van der Waals surface area contributed by atoms with Gasteiger partial charge in [0.25, 0.3) is 0 Å². The molecule has 2 aromatic heterocycles. The minimum atomic E-state index is 0.0470. The molecule has 0 saturated heterocycles. The average molecular weight is 253 g/mol. The summed E-state index contributed by atoms with van der Waals surface area (Å²) in [5, 5.41) is 10.7. The zero-order valence-corrected chi connectivity index (χ0v) is 10.2. The number of hydrogen-bond acceptors (Lipinski definition) is 5. The molecule has 3 rings (SSSR count). The molecule has 3 aromatic rings. The first kappa shape index (κ1) is 11.3. The third kappa shape index (κ3) is 2.15. The smallest absolute Gasteiger partial charge is 0.160 e. The van der Waals surface area contributed by atoms with E-state index < -0.39 is 0 Å². The van der Waals surface area contributed by atoms with Gasteiger partial charge in [0, 0.05) is 11.3 Å². The molecule has 0 fully saturated rings. The van der Waals surface area contributed by atoms with Crippen LogP contribution >= 0.6 is 0 Å². The predicted octanol–water partition coefficient (Wildman–Crippen LogP) is 2.30. The van der Waals surface area contributed by atoms with E-state index in [9.17, 15) is 4.79 Å². The second-order valence-corrected chi connectivity index (χ2v) is 4.11. The van der Waals surface area contributed by atoms with Gasteiger partial charge in [-0.25, -0.2) is 9.97 Å². The molecule has 0 aliphatic heterocycles. The summed E-state index contributed by atoms with van der Waals surface area (Å²) in [5.74, 6) is 0.722. The van der Waals surface area contributed by atoms with E-state index in [4.69, 9.17) is 0 Å². The summed E-state index contributed by atoms with van der Waals surface area (Å²) in [5.41, 5.74) is 2.21. The number of aromatic amines is 1. The molecule has 0 aliphatic rings. The summed E-state index contributed by atoms with van der Waals surface area (Å²) in [7, 11) is 0. The Balaban J connectivity index is 1.92. The van der Waals surface area contributed by atoms with Crippen molar-refractivity contribution in [1.29, 1.82) is 0 Å². The number of benzene rings is 1. The molecule has 19 heavy (non-hydrogen) atoms. The fourth-order valence-corrected chi connectivity index (χ4v) is 1.79. The summed E-state index contributed by atoms with van der Waals surface area (Å²) in [4.78, 5) is 19.5. The number of nitrogens with zero attached hydrogens (tertiary/aromatic N) is 3. The first-order chi connectivity index (χ1) is 9.24. The van der Waals surface area contributed by atoms with Crippen LogP contribution in [0.2, 0.25) is 0 Å². The fraction of sp³-hybridized carbons (Fsp3) is 0.0769. The van der Waals surface area contributed by atoms with Gasteiger partial charge in [-0.2, -0.15) is 5.10 Å². The van der Waals surface area contributed by atoms with Crippen molar-refractivity contribution in [3.63, 3.8) is 0 Å². The summed E-state index contributed by atoms with van der Waals surface area (Å²) < 4.78 is 0. The summed E-state index contributed by atoms with van der Waals surface area (Å²) in [6.45, 7) is 1.54. The molecular formula is C13H11N5O. The van der Waals surface area contributed by atoms with Crippen molar-refractivity contribution in [2.75, 3.05) is 5.32 Å². The van der Waals surface area contributed by atoms with E-state index in [1.807, 2.05) is 12.1 Å². The second kappa shape index (κ2) is 4.49. The van der Waals surface area contributed by atoms with Crippen molar-refractivity contribution in [2.45, 2.75) is 6.92 Å². The number of H-pyrrole nitrogens is 1. The zero-order valence-electron chi connectivity index (χ0n) is 10.2. The van der Waals surface area contributed by atoms with Gasteiger partial charge >= 0.3 is 0 Å². The number of aromatic nitrogens is 4. The Bertz CT molecular complexity index is 732. The lowest BCUT2D eigenvalue weighted by Crippen LogP contribution is -1.96. The number of nitrogens with one attached hydrogen (secondary N) is 2. The maximum absolute atomic E-state index is 11.2. The molecule has 0 saturated carbocycles. The van der Waals surface area contributed by atoms with Crippen LogP contribution in [0.25, 0.3) is 11.0 Å². The molecule has 2 N–H and O–H groups in total. The van der Waals surface area contributed by atoms with Gasteiger partial charge in [-0.05, 0) is 31.2 Å². The lowest BCUT2D eigenvalue weighted by molar-refractivity contribution is 0.101. The van der Waals surface area contributed by atoms with Crippen LogP contribution in [0, 0.1) is 0 Å². The maximum Gasteiger partial charge on any atom is 0.160 e. The molecule has 0 unspecified atom stereocenters. The molecule has 0 amide bonds. The van der Waals surface area contributed by atoms with Gasteiger partial charge in [0.05, 0.1) is 11.6 Å². The average Bonchev–Trinajstić information content (AvgIpc) is 2.89. The van der Waals surface area contributed by atoms with E-state index in [0.29, 0.717) is 17.0 Å². The Morgan fingerprint density at radius 2 is 2.00 bits per heavy atom. The molecule has 0 radical (unpaired) electrons. The van der Waals surface area contributed by atoms with E-state index >= 15 is 0 Å². The molecule has 0 atom stereocenters. The highest BCUT2D eigenvalue weighted by atomic mass is 16.1. The van der Waals surface area contributed by atoms with Gasteiger partial charge in [-0.1, -0.05) is 0 Å². The van der Waals surface area contributed by atoms with Crippen molar-refractivity contribution < 1.29 is 4.79 Å². The van der Waals surface area contributed by atoms with Crippen molar-refractivity contribution in [3.8, 4) is 0 Å². The highest BCUT2D eigenvalue weighted by Gasteiger charge is 2.05. The lowest BCUT2D eigenvalue weighted by Gasteiger charge is -2.06. The SMILES string of the molecule is CC(=O)c1ccc(Nc2ncnc3[nH]ncc23)cc1. The second-order valence-electron chi connectivity index (χ2n) is 4.11. The number of fused-ring (bicyclic) bond motifs is 1. The Morgan fingerprint density at radius 1 is 1.21 bits per heavy atom. The lowest BCUT2D eigenvalue weighted by atomic mass is 10.1. The van der Waals surface area contributed by atoms with Crippen LogP contribution in [0.4, 0.5) is 11.5 Å². The first-order valence-corrected chi connectivity index (χ1v) is 5.76. The number of rotatable bonds is 3. The van der Waals surface area contributed by atoms with E-state index in [2.05, 4.69) is 25.5 Å². The van der Waals surface area contributed by atoms with Crippen LogP contribution < -0.4 is 5.32 Å². The highest BCUT2D eigenvalue weighted by Crippen LogP contribution is 2.21. The van der Waals surface area contributed by atoms with Crippen LogP contribution in [0.3, 0.4) is 0 Å². The number of Topliss-reactive ketones (excluding diaryl/α,β-unsaturated/α-hetero) is 1. The van der Waals surface area contributed by atoms with Crippen molar-refractivity contribution >= 4 is 28.3 Å². The Morgan fingerprint density at radius 3 is 2.74 bits per heavy atom. The number of ketones is 1. The number of hydrogen-bond donors (Lipinski definition) is 2. The first-order valence-electron chi connectivity index (χ1n) is 5.76. The van der Waals surface area contributed by atoms with Crippen molar-refractivity contribution in [2.24, 2.45) is 0 Å². The van der Waals surface area contributed by atoms with Crippen LogP contribution in [0.5, 0.6) is 0 Å². The summed E-state index contributed by atoms with van der Waals surface area (Å²) in [6.07, 6.45) is 3.13. The topological polar surface area (TPSA) is 83.6 Å². The third-order valence-corrected chi connectivity index (χ3v) is 2.80. The van der Waals surface area contributed by atoms with E-state index in [1.54, 1.807) is 25.3 Å². The standard InChI is InChI=1S/C13H11N5O/c1-8(19)9-2-4-10(5-3-9)17-12-11-6-16-18-13(11)15-7-14-12/h2-7H,1H3,(H2,14,15,16,17,18). The normalized spacial score (nSPS) is 10.6. The predicted molar refractivity (Wildman–Crippen MR) is 71.4 cm³/mol. The fourth-order valence-electron chi connectivity index (χ4n) is 1.79. The minimum absolute atomic E-state index is 0.0470. The van der Waals surface area contributed by atoms with E-state index in [0.717, 1.165) is 11.1 Å². The van der Waals surface area contributed by atoms with Crippen molar-refractivity contribution in [3.05, 3.63) is 42.4 Å². The maximum atomic E-state index is 11.2. The molecular weight excluding hydrogens is 242 g/mol. The van der Waals surface area contributed by atoms with Gasteiger partial charge < -0.3 is 5.32 Å². The molecule has 94 valence electrons. The van der Waals surface area contributed by atoms with E-state index in [1.165, 1.54) is 6.33 Å². The molecule has 6 heteroatoms. The minimum Gasteiger partial charge on any atom is -0.340 e. The Kier molecular flexibility index (Phi) is 2.68. The van der Waals surface area contributed by atoms with Gasteiger partial charge in [-0.3, -0.25) is 9.89 Å². The summed E-state index contributed by atoms with van der Waals surface area (Å²) in [6, 6.07) is 7.23. The molecule has 2 heterocycles. The molecule has 1 aromatic carbocycles. The highest BCUT2D eigenvalue weighted by molar-refractivity contribution is 5.94. The Hall–Kier alpha value is -2.76. The van der Waals surface area contributed by atoms with Gasteiger partial charge in [0.15, 0.2) is 11.4 Å². The quantitative estimate of drug-likeness (QED) is 0.700. The Labute approximate surface area is 108 Å². The monoisotopic (exact) mass is 253 g/mol. The number of carbonyl (C=O) groups excluding carboxylic acids is 1. The number of carbonyl (C=O) groups is 1. The molecule has 0 bridgehead atoms. The van der Waals surface area contributed by atoms with Crippen molar-refractivity contribution in [1.82, 2.24) is 20.2 Å². The van der Waals surface area contributed by atoms with Gasteiger partial charge in [0.1, 0.15) is 12.1 Å². The van der Waals surface area contributed by atoms with Crippen LogP contribution in [-0.2, 0) is 0 Å². The number of anilines is 2. The van der Waals surface area contributed by atoms with Crippen LogP contribution in [0.1, 0.15) is 17.3 Å². The molecule has 6 nitrogen and oxygen atoms in total. The van der Waals surface area contributed by atoms with Gasteiger partial charge in [-0.15, -0.1) is 0 Å². The molecule has 0 aliphatic carbocycles. The zero-order chi connectivity index (χ0) is 13.2. The third-order valence-electron chi connectivity index (χ3n) is 2.80. The van der Waals surface area contributed by atoms with Crippen LogP contribution in [0.15, 0.2) is 36.8 Å². The molecule has 0 spiro atoms. The van der Waals surface area contributed by atoms with Crippen LogP contribution in [-0.4, -0.2) is 25.9 Å². The van der Waals surface area contributed by atoms with E-state index in [-0.39, 0.29) is 5.78 Å².